The van der Waals surface area contributed by atoms with Crippen LogP contribution in [-0.4, -0.2) is 16.3 Å². The fraction of sp³-hybridized carbons (Fsp3) is 0.500. The zero-order chi connectivity index (χ0) is 12.2. The summed E-state index contributed by atoms with van der Waals surface area (Å²) in [5, 5.41) is 2.90. The Balaban J connectivity index is 1.65. The predicted octanol–water partition coefficient (Wildman–Crippen LogP) is 4.41. The molecule has 0 bridgehead atoms. The molecule has 0 spiro atoms. The predicted molar refractivity (Wildman–Crippen MR) is 79.4 cm³/mol. The monoisotopic (exact) mass is 259 g/mol. The van der Waals surface area contributed by atoms with Gasteiger partial charge in [0.2, 0.25) is 0 Å². The topological polar surface area (TPSA) is 3.24 Å². The summed E-state index contributed by atoms with van der Waals surface area (Å²) in [5.74, 6) is 0. The van der Waals surface area contributed by atoms with Crippen molar-refractivity contribution in [2.24, 2.45) is 0 Å². The molecule has 1 unspecified atom stereocenters. The molecule has 1 aliphatic carbocycles. The molecule has 1 atom stereocenters. The quantitative estimate of drug-likeness (QED) is 0.791. The number of rotatable bonds is 3. The lowest BCUT2D eigenvalue weighted by atomic mass is 9.94. The molecule has 2 heteroatoms. The van der Waals surface area contributed by atoms with Gasteiger partial charge in [-0.3, -0.25) is 0 Å². The zero-order valence-electron chi connectivity index (χ0n) is 10.8. The number of benzene rings is 1. The van der Waals surface area contributed by atoms with Gasteiger partial charge in [-0.25, -0.2) is 0 Å². The normalized spacial score (nSPS) is 24.7. The van der Waals surface area contributed by atoms with Crippen LogP contribution in [0.2, 0.25) is 0 Å². The van der Waals surface area contributed by atoms with Gasteiger partial charge in [0.25, 0.3) is 0 Å². The van der Waals surface area contributed by atoms with Crippen LogP contribution < -0.4 is 0 Å². The highest BCUT2D eigenvalue weighted by atomic mass is 32.2. The smallest absolute Gasteiger partial charge is 0.0829 e. The van der Waals surface area contributed by atoms with Gasteiger partial charge in [0, 0.05) is 18.7 Å². The molecule has 1 heterocycles. The minimum absolute atomic E-state index is 0.621. The average Bonchev–Trinajstić information content (AvgIpc) is 2.89. The summed E-state index contributed by atoms with van der Waals surface area (Å²) in [7, 11) is 0. The van der Waals surface area contributed by atoms with Crippen LogP contribution in [0.4, 0.5) is 0 Å². The minimum Gasteiger partial charge on any atom is -0.361 e. The van der Waals surface area contributed by atoms with Gasteiger partial charge in [0.15, 0.2) is 0 Å². The van der Waals surface area contributed by atoms with Gasteiger partial charge >= 0.3 is 0 Å². The van der Waals surface area contributed by atoms with Crippen molar-refractivity contribution in [3.05, 3.63) is 47.5 Å². The Kier molecular flexibility index (Phi) is 3.94. The summed E-state index contributed by atoms with van der Waals surface area (Å²) in [5.41, 5.74) is 1.46. The third kappa shape index (κ3) is 2.74. The molecule has 0 aromatic heterocycles. The first-order valence-corrected chi connectivity index (χ1v) is 8.01. The van der Waals surface area contributed by atoms with Crippen LogP contribution in [0, 0.1) is 0 Å². The van der Waals surface area contributed by atoms with E-state index in [0.717, 1.165) is 12.5 Å². The maximum absolute atomic E-state index is 2.62. The van der Waals surface area contributed by atoms with Crippen LogP contribution in [-0.2, 0) is 6.42 Å². The van der Waals surface area contributed by atoms with Gasteiger partial charge in [0.05, 0.1) is 5.37 Å². The lowest BCUT2D eigenvalue weighted by Gasteiger charge is -2.35. The van der Waals surface area contributed by atoms with Crippen molar-refractivity contribution in [2.75, 3.05) is 0 Å². The molecule has 0 radical (unpaired) electrons. The van der Waals surface area contributed by atoms with Gasteiger partial charge < -0.3 is 4.90 Å². The van der Waals surface area contributed by atoms with Crippen LogP contribution >= 0.6 is 11.8 Å². The maximum Gasteiger partial charge on any atom is 0.0829 e. The van der Waals surface area contributed by atoms with Crippen molar-refractivity contribution in [3.63, 3.8) is 0 Å². The fourth-order valence-electron chi connectivity index (χ4n) is 3.07. The largest absolute Gasteiger partial charge is 0.361 e. The van der Waals surface area contributed by atoms with Crippen molar-refractivity contribution in [1.82, 2.24) is 4.90 Å². The first-order chi connectivity index (χ1) is 8.93. The van der Waals surface area contributed by atoms with E-state index in [1.54, 1.807) is 0 Å². The highest BCUT2D eigenvalue weighted by molar-refractivity contribution is 8.02. The second-order valence-electron chi connectivity index (χ2n) is 5.30. The molecule has 3 rings (SSSR count). The Morgan fingerprint density at radius 2 is 1.83 bits per heavy atom. The third-order valence-corrected chi connectivity index (χ3v) is 5.05. The van der Waals surface area contributed by atoms with Gasteiger partial charge in [-0.15, -0.1) is 11.8 Å². The van der Waals surface area contributed by atoms with E-state index in [0.29, 0.717) is 5.37 Å². The highest BCUT2D eigenvalue weighted by Crippen LogP contribution is 2.34. The Bertz CT molecular complexity index is 395. The molecule has 1 nitrogen and oxygen atoms in total. The van der Waals surface area contributed by atoms with E-state index >= 15 is 0 Å². The summed E-state index contributed by atoms with van der Waals surface area (Å²) >= 11 is 1.98. The molecule has 96 valence electrons. The SMILES string of the molecule is C1=CN(C2CCCCC2)C(Cc2ccccc2)S1. The second kappa shape index (κ2) is 5.83. The summed E-state index contributed by atoms with van der Waals surface area (Å²) in [6.45, 7) is 0. The number of hydrogen-bond donors (Lipinski definition) is 0. The minimum atomic E-state index is 0.621. The van der Waals surface area contributed by atoms with Crippen LogP contribution in [0.3, 0.4) is 0 Å². The van der Waals surface area contributed by atoms with E-state index in [9.17, 15) is 0 Å². The Labute approximate surface area is 114 Å². The zero-order valence-corrected chi connectivity index (χ0v) is 11.6. The number of hydrogen-bond acceptors (Lipinski definition) is 2. The number of nitrogens with zero attached hydrogens (tertiary/aromatic N) is 1. The molecular formula is C16H21NS. The van der Waals surface area contributed by atoms with E-state index < -0.39 is 0 Å². The Morgan fingerprint density at radius 3 is 2.61 bits per heavy atom. The molecule has 1 fully saturated rings. The third-order valence-electron chi connectivity index (χ3n) is 4.05. The van der Waals surface area contributed by atoms with E-state index in [-0.39, 0.29) is 0 Å². The lowest BCUT2D eigenvalue weighted by molar-refractivity contribution is 0.208. The standard InChI is InChI=1S/C16H21NS/c1-3-7-14(8-4-1)13-16-17(11-12-18-16)15-9-5-2-6-10-15/h1,3-4,7-8,11-12,15-16H,2,5-6,9-10,13H2. The van der Waals surface area contributed by atoms with Crippen LogP contribution in [0.5, 0.6) is 0 Å². The van der Waals surface area contributed by atoms with Gasteiger partial charge in [0.1, 0.15) is 0 Å². The molecule has 1 aromatic carbocycles. The van der Waals surface area contributed by atoms with Crippen molar-refractivity contribution in [3.8, 4) is 0 Å². The van der Waals surface area contributed by atoms with Crippen LogP contribution in [0.15, 0.2) is 41.9 Å². The van der Waals surface area contributed by atoms with Gasteiger partial charge in [-0.2, -0.15) is 0 Å². The Hall–Kier alpha value is -0.890. The van der Waals surface area contributed by atoms with Crippen molar-refractivity contribution >= 4 is 11.8 Å². The Morgan fingerprint density at radius 1 is 1.06 bits per heavy atom. The molecule has 0 amide bonds. The summed E-state index contributed by atoms with van der Waals surface area (Å²) in [6.07, 6.45) is 10.5. The van der Waals surface area contributed by atoms with Crippen molar-refractivity contribution in [2.45, 2.75) is 49.9 Å². The first-order valence-electron chi connectivity index (χ1n) is 7.07. The van der Waals surface area contributed by atoms with E-state index in [2.05, 4.69) is 46.8 Å². The molecule has 1 aromatic rings. The van der Waals surface area contributed by atoms with Gasteiger partial charge in [-0.05, 0) is 23.8 Å². The summed E-state index contributed by atoms with van der Waals surface area (Å²) in [4.78, 5) is 2.62. The fourth-order valence-corrected chi connectivity index (χ4v) is 4.13. The average molecular weight is 259 g/mol. The molecule has 1 saturated carbocycles. The van der Waals surface area contributed by atoms with Crippen molar-refractivity contribution in [1.29, 1.82) is 0 Å². The van der Waals surface area contributed by atoms with Crippen LogP contribution in [0.25, 0.3) is 0 Å². The van der Waals surface area contributed by atoms with E-state index in [1.807, 2.05) is 11.8 Å². The van der Waals surface area contributed by atoms with Crippen molar-refractivity contribution < 1.29 is 0 Å². The molecule has 0 saturated heterocycles. The number of thioether (sulfide) groups is 1. The first kappa shape index (κ1) is 12.2. The molecule has 18 heavy (non-hydrogen) atoms. The van der Waals surface area contributed by atoms with E-state index in [1.165, 1.54) is 37.7 Å². The highest BCUT2D eigenvalue weighted by Gasteiger charge is 2.27. The summed E-state index contributed by atoms with van der Waals surface area (Å²) in [6, 6.07) is 11.7. The molecule has 2 aliphatic rings. The lowest BCUT2D eigenvalue weighted by Crippen LogP contribution is -2.37. The molecule has 0 N–H and O–H groups in total. The maximum atomic E-state index is 2.62. The van der Waals surface area contributed by atoms with E-state index in [4.69, 9.17) is 0 Å². The van der Waals surface area contributed by atoms with Crippen LogP contribution in [0.1, 0.15) is 37.7 Å². The second-order valence-corrected chi connectivity index (χ2v) is 6.39. The van der Waals surface area contributed by atoms with Gasteiger partial charge in [-0.1, -0.05) is 49.6 Å². The summed E-state index contributed by atoms with van der Waals surface area (Å²) < 4.78 is 0. The molecule has 1 aliphatic heterocycles. The molecular weight excluding hydrogens is 238 g/mol.